The second-order valence-electron chi connectivity index (χ2n) is 4.65. The van der Waals surface area contributed by atoms with Gasteiger partial charge in [-0.05, 0) is 18.9 Å². The smallest absolute Gasteiger partial charge is 0.332 e. The van der Waals surface area contributed by atoms with Gasteiger partial charge in [-0.1, -0.05) is 12.1 Å². The molecule has 0 spiro atoms. The quantitative estimate of drug-likeness (QED) is 0.616. The van der Waals surface area contributed by atoms with Gasteiger partial charge < -0.3 is 15.2 Å². The summed E-state index contributed by atoms with van der Waals surface area (Å²) in [6.07, 6.45) is -0.328. The Balaban J connectivity index is 1.94. The van der Waals surface area contributed by atoms with Gasteiger partial charge in [-0.15, -0.1) is 0 Å². The van der Waals surface area contributed by atoms with E-state index in [2.05, 4.69) is 5.32 Å². The Bertz CT molecular complexity index is 574. The van der Waals surface area contributed by atoms with Gasteiger partial charge in [0.2, 0.25) is 0 Å². The molecule has 1 aliphatic heterocycles. The number of hydrogen-bond donors (Lipinski definition) is 2. The van der Waals surface area contributed by atoms with Gasteiger partial charge in [0.1, 0.15) is 5.56 Å². The van der Waals surface area contributed by atoms with Gasteiger partial charge in [-0.3, -0.25) is 14.9 Å². The largest absolute Gasteiger partial charge is 0.479 e. The average Bonchev–Trinajstić information content (AvgIpc) is 2.94. The van der Waals surface area contributed by atoms with Crippen molar-refractivity contribution in [2.45, 2.75) is 25.0 Å². The Labute approximate surface area is 119 Å². The Morgan fingerprint density at radius 3 is 2.71 bits per heavy atom. The molecule has 8 heteroatoms. The third kappa shape index (κ3) is 3.54. The number of carbonyl (C=O) groups is 2. The maximum Gasteiger partial charge on any atom is 0.332 e. The lowest BCUT2D eigenvalue weighted by atomic mass is 10.1. The normalized spacial score (nSPS) is 21.0. The van der Waals surface area contributed by atoms with Gasteiger partial charge in [0.25, 0.3) is 11.6 Å². The molecule has 0 aliphatic carbocycles. The Morgan fingerprint density at radius 1 is 1.38 bits per heavy atom. The summed E-state index contributed by atoms with van der Waals surface area (Å²) in [6, 6.07) is 5.63. The second kappa shape index (κ2) is 6.31. The molecule has 1 aromatic rings. The molecule has 8 nitrogen and oxygen atoms in total. The van der Waals surface area contributed by atoms with E-state index in [0.717, 1.165) is 0 Å². The molecule has 2 unspecified atom stereocenters. The third-order valence-corrected chi connectivity index (χ3v) is 3.22. The van der Waals surface area contributed by atoms with Crippen molar-refractivity contribution >= 4 is 17.6 Å². The number of nitro benzene ring substituents is 1. The van der Waals surface area contributed by atoms with Crippen LogP contribution in [0.15, 0.2) is 24.3 Å². The minimum Gasteiger partial charge on any atom is -0.479 e. The van der Waals surface area contributed by atoms with E-state index < -0.39 is 29.0 Å². The highest BCUT2D eigenvalue weighted by Gasteiger charge is 2.31. The molecule has 1 heterocycles. The van der Waals surface area contributed by atoms with Crippen molar-refractivity contribution in [1.29, 1.82) is 0 Å². The molecule has 0 bridgehead atoms. The molecule has 21 heavy (non-hydrogen) atoms. The fourth-order valence-corrected chi connectivity index (χ4v) is 2.16. The number of nitrogens with one attached hydrogen (secondary N) is 1. The predicted molar refractivity (Wildman–Crippen MR) is 71.0 cm³/mol. The first kappa shape index (κ1) is 14.9. The van der Waals surface area contributed by atoms with Crippen LogP contribution in [0.25, 0.3) is 0 Å². The first-order valence-corrected chi connectivity index (χ1v) is 6.39. The zero-order chi connectivity index (χ0) is 15.4. The number of benzene rings is 1. The van der Waals surface area contributed by atoms with Gasteiger partial charge in [-0.25, -0.2) is 4.79 Å². The summed E-state index contributed by atoms with van der Waals surface area (Å²) >= 11 is 0. The van der Waals surface area contributed by atoms with Gasteiger partial charge in [0, 0.05) is 12.6 Å². The molecular weight excluding hydrogens is 280 g/mol. The van der Waals surface area contributed by atoms with Crippen molar-refractivity contribution in [2.24, 2.45) is 0 Å². The minimum absolute atomic E-state index is 0.0321. The number of carboxylic acids is 1. The van der Waals surface area contributed by atoms with Crippen LogP contribution >= 0.6 is 0 Å². The van der Waals surface area contributed by atoms with Gasteiger partial charge in [0.05, 0.1) is 11.0 Å². The van der Waals surface area contributed by atoms with Crippen molar-refractivity contribution < 1.29 is 24.4 Å². The van der Waals surface area contributed by atoms with E-state index in [4.69, 9.17) is 9.84 Å². The molecule has 1 saturated heterocycles. The number of ether oxygens (including phenoxy) is 1. The lowest BCUT2D eigenvalue weighted by molar-refractivity contribution is -0.385. The third-order valence-electron chi connectivity index (χ3n) is 3.22. The first-order valence-electron chi connectivity index (χ1n) is 6.39. The van der Waals surface area contributed by atoms with E-state index in [1.54, 1.807) is 0 Å². The van der Waals surface area contributed by atoms with Crippen LogP contribution in [0.5, 0.6) is 0 Å². The highest BCUT2D eigenvalue weighted by atomic mass is 16.6. The van der Waals surface area contributed by atoms with Crippen molar-refractivity contribution in [2.75, 3.05) is 6.54 Å². The van der Waals surface area contributed by atoms with Crippen LogP contribution in [0.2, 0.25) is 0 Å². The summed E-state index contributed by atoms with van der Waals surface area (Å²) in [5.41, 5.74) is -0.305. The monoisotopic (exact) mass is 294 g/mol. The number of amides is 1. The molecule has 1 amide bonds. The first-order chi connectivity index (χ1) is 9.99. The van der Waals surface area contributed by atoms with Crippen LogP contribution in [0.1, 0.15) is 23.2 Å². The number of carboxylic acid groups (broad SMARTS) is 1. The molecule has 1 aromatic carbocycles. The zero-order valence-electron chi connectivity index (χ0n) is 11.0. The van der Waals surface area contributed by atoms with E-state index in [1.165, 1.54) is 24.3 Å². The molecule has 2 atom stereocenters. The van der Waals surface area contributed by atoms with Crippen molar-refractivity contribution in [3.05, 3.63) is 39.9 Å². The summed E-state index contributed by atoms with van der Waals surface area (Å²) in [7, 11) is 0. The van der Waals surface area contributed by atoms with Gasteiger partial charge in [0.15, 0.2) is 6.10 Å². The van der Waals surface area contributed by atoms with E-state index >= 15 is 0 Å². The minimum atomic E-state index is -1.03. The maximum atomic E-state index is 12.0. The Morgan fingerprint density at radius 2 is 2.10 bits per heavy atom. The summed E-state index contributed by atoms with van der Waals surface area (Å²) in [5.74, 6) is -1.60. The molecule has 1 fully saturated rings. The summed E-state index contributed by atoms with van der Waals surface area (Å²) in [5, 5.41) is 22.2. The molecule has 2 N–H and O–H groups in total. The van der Waals surface area contributed by atoms with Crippen LogP contribution in [0, 0.1) is 10.1 Å². The van der Waals surface area contributed by atoms with Crippen molar-refractivity contribution in [3.8, 4) is 0 Å². The summed E-state index contributed by atoms with van der Waals surface area (Å²) in [4.78, 5) is 32.9. The Hall–Kier alpha value is -2.48. The number of hydrogen-bond acceptors (Lipinski definition) is 5. The van der Waals surface area contributed by atoms with E-state index in [-0.39, 0.29) is 17.8 Å². The number of aliphatic carboxylic acids is 1. The number of nitrogens with zero attached hydrogens (tertiary/aromatic N) is 1. The average molecular weight is 294 g/mol. The fraction of sp³-hybridized carbons (Fsp3) is 0.385. The van der Waals surface area contributed by atoms with Crippen LogP contribution in [-0.2, 0) is 9.53 Å². The van der Waals surface area contributed by atoms with Crippen molar-refractivity contribution in [3.63, 3.8) is 0 Å². The van der Waals surface area contributed by atoms with Gasteiger partial charge in [-0.2, -0.15) is 0 Å². The second-order valence-corrected chi connectivity index (χ2v) is 4.65. The van der Waals surface area contributed by atoms with Crippen LogP contribution < -0.4 is 5.32 Å². The predicted octanol–water partition coefficient (Wildman–Crippen LogP) is 0.957. The van der Waals surface area contributed by atoms with Gasteiger partial charge >= 0.3 is 5.97 Å². The molecular formula is C13H14N2O6. The van der Waals surface area contributed by atoms with E-state index in [1.807, 2.05) is 0 Å². The van der Waals surface area contributed by atoms with Crippen molar-refractivity contribution in [1.82, 2.24) is 5.32 Å². The summed E-state index contributed by atoms with van der Waals surface area (Å²) in [6.45, 7) is 0.120. The summed E-state index contributed by atoms with van der Waals surface area (Å²) < 4.78 is 5.24. The molecule has 0 radical (unpaired) electrons. The maximum absolute atomic E-state index is 12.0. The lowest BCUT2D eigenvalue weighted by Crippen LogP contribution is -2.33. The molecule has 0 aromatic heterocycles. The highest BCUT2D eigenvalue weighted by Crippen LogP contribution is 2.20. The lowest BCUT2D eigenvalue weighted by Gasteiger charge is -2.12. The topological polar surface area (TPSA) is 119 Å². The standard InChI is InChI=1S/C13H14N2O6/c16-12(9-3-1-2-4-10(9)15(19)20)14-7-8-5-6-11(21-8)13(17)18/h1-4,8,11H,5-7H2,(H,14,16)(H,17,18). The van der Waals surface area contributed by atoms with E-state index in [9.17, 15) is 19.7 Å². The molecule has 0 saturated carbocycles. The molecule has 112 valence electrons. The Kier molecular flexibility index (Phi) is 4.49. The number of carbonyl (C=O) groups excluding carboxylic acids is 1. The molecule has 2 rings (SSSR count). The fourth-order valence-electron chi connectivity index (χ4n) is 2.16. The number of para-hydroxylation sites is 1. The number of rotatable bonds is 5. The molecule has 1 aliphatic rings. The van der Waals surface area contributed by atoms with Crippen LogP contribution in [0.4, 0.5) is 5.69 Å². The van der Waals surface area contributed by atoms with Crippen LogP contribution in [-0.4, -0.2) is 40.7 Å². The SMILES string of the molecule is O=C(NCC1CCC(C(=O)O)O1)c1ccccc1[N+](=O)[O-]. The number of nitro groups is 1. The zero-order valence-corrected chi connectivity index (χ0v) is 11.0. The van der Waals surface area contributed by atoms with E-state index in [0.29, 0.717) is 12.8 Å². The van der Waals surface area contributed by atoms with Crippen LogP contribution in [0.3, 0.4) is 0 Å². The highest BCUT2D eigenvalue weighted by molar-refractivity contribution is 5.98.